The maximum atomic E-state index is 6.24. The third-order valence-corrected chi connectivity index (χ3v) is 6.69. The first-order valence-electron chi connectivity index (χ1n) is 8.52. The predicted molar refractivity (Wildman–Crippen MR) is 115 cm³/mol. The smallest absolute Gasteiger partial charge is 0.0595 e. The number of thiophene rings is 1. The highest BCUT2D eigenvalue weighted by molar-refractivity contribution is 7.10. The van der Waals surface area contributed by atoms with Gasteiger partial charge in [-0.3, -0.25) is 0 Å². The van der Waals surface area contributed by atoms with E-state index in [-0.39, 0.29) is 12.4 Å². The second-order valence-electron chi connectivity index (χ2n) is 6.46. The van der Waals surface area contributed by atoms with E-state index in [4.69, 9.17) is 23.2 Å². The van der Waals surface area contributed by atoms with E-state index in [0.29, 0.717) is 22.0 Å². The first-order chi connectivity index (χ1) is 12.2. The van der Waals surface area contributed by atoms with Crippen LogP contribution < -0.4 is 5.32 Å². The van der Waals surface area contributed by atoms with Crippen LogP contribution in [0.4, 0.5) is 0 Å². The summed E-state index contributed by atoms with van der Waals surface area (Å²) < 4.78 is 0. The van der Waals surface area contributed by atoms with Gasteiger partial charge in [-0.15, -0.1) is 23.7 Å². The molecule has 136 valence electrons. The van der Waals surface area contributed by atoms with Gasteiger partial charge in [-0.1, -0.05) is 59.6 Å². The van der Waals surface area contributed by atoms with Crippen molar-refractivity contribution in [2.24, 2.45) is 0 Å². The first-order valence-corrected chi connectivity index (χ1v) is 10.2. The van der Waals surface area contributed by atoms with Crippen molar-refractivity contribution < 1.29 is 0 Å². The summed E-state index contributed by atoms with van der Waals surface area (Å²) in [4.78, 5) is 1.45. The Labute approximate surface area is 174 Å². The van der Waals surface area contributed by atoms with Gasteiger partial charge in [0.1, 0.15) is 0 Å². The number of hydrogen-bond donors (Lipinski definition) is 1. The lowest BCUT2D eigenvalue weighted by atomic mass is 9.82. The predicted octanol–water partition coefficient (Wildman–Crippen LogP) is 7.23. The molecule has 0 spiro atoms. The van der Waals surface area contributed by atoms with Crippen LogP contribution >= 0.6 is 46.9 Å². The number of nitrogens with one attached hydrogen (secondary N) is 1. The third kappa shape index (κ3) is 4.11. The van der Waals surface area contributed by atoms with Crippen LogP contribution in [-0.4, -0.2) is 0 Å². The van der Waals surface area contributed by atoms with Gasteiger partial charge in [0, 0.05) is 23.4 Å². The fraction of sp³-hybridized carbons (Fsp3) is 0.238. The zero-order valence-electron chi connectivity index (χ0n) is 14.1. The van der Waals surface area contributed by atoms with Crippen molar-refractivity contribution in [2.45, 2.75) is 31.3 Å². The van der Waals surface area contributed by atoms with Crippen molar-refractivity contribution in [3.63, 3.8) is 0 Å². The molecule has 1 N–H and O–H groups in total. The maximum Gasteiger partial charge on any atom is 0.0595 e. The van der Waals surface area contributed by atoms with Crippen molar-refractivity contribution in [3.8, 4) is 0 Å². The van der Waals surface area contributed by atoms with E-state index in [2.05, 4.69) is 53.2 Å². The largest absolute Gasteiger partial charge is 0.306 e. The molecule has 0 saturated carbocycles. The summed E-state index contributed by atoms with van der Waals surface area (Å²) in [6, 6.07) is 19.3. The highest BCUT2D eigenvalue weighted by Crippen LogP contribution is 2.45. The highest BCUT2D eigenvalue weighted by atomic mass is 35.5. The average molecular weight is 425 g/mol. The topological polar surface area (TPSA) is 12.0 Å². The van der Waals surface area contributed by atoms with E-state index in [1.165, 1.54) is 21.6 Å². The Morgan fingerprint density at radius 3 is 2.54 bits per heavy atom. The van der Waals surface area contributed by atoms with Gasteiger partial charge in [0.15, 0.2) is 0 Å². The molecule has 26 heavy (non-hydrogen) atoms. The van der Waals surface area contributed by atoms with E-state index < -0.39 is 0 Å². The fourth-order valence-corrected chi connectivity index (χ4v) is 5.05. The molecule has 5 heteroatoms. The van der Waals surface area contributed by atoms with Gasteiger partial charge in [-0.2, -0.15) is 0 Å². The average Bonchev–Trinajstić information content (AvgIpc) is 3.13. The van der Waals surface area contributed by atoms with Gasteiger partial charge in [-0.25, -0.2) is 0 Å². The van der Waals surface area contributed by atoms with E-state index in [9.17, 15) is 0 Å². The Balaban J connectivity index is 0.00000196. The van der Waals surface area contributed by atoms with Crippen LogP contribution in [0.1, 0.15) is 46.4 Å². The van der Waals surface area contributed by atoms with Crippen LogP contribution in [0.25, 0.3) is 0 Å². The lowest BCUT2D eigenvalue weighted by Gasteiger charge is -2.30. The lowest BCUT2D eigenvalue weighted by Crippen LogP contribution is -2.25. The molecule has 0 fully saturated rings. The standard InChI is InChI=1S/C21H19Cl2NS.ClH/c22-18-8-6-15(12-19(18)23)16-7-9-20(17-10-11-25-21(16)17)24-13-14-4-2-1-3-5-14;/h1-6,8,10-12,16,20,24H,7,9,13H2;1H. The molecule has 0 radical (unpaired) electrons. The van der Waals surface area contributed by atoms with Gasteiger partial charge in [-0.05, 0) is 53.1 Å². The number of halogens is 3. The minimum Gasteiger partial charge on any atom is -0.306 e. The van der Waals surface area contributed by atoms with Crippen LogP contribution in [0, 0.1) is 0 Å². The number of hydrogen-bond acceptors (Lipinski definition) is 2. The van der Waals surface area contributed by atoms with Crippen molar-refractivity contribution in [1.29, 1.82) is 0 Å². The van der Waals surface area contributed by atoms with Crippen LogP contribution in [0.5, 0.6) is 0 Å². The van der Waals surface area contributed by atoms with Crippen molar-refractivity contribution in [3.05, 3.63) is 91.6 Å². The molecule has 1 nitrogen and oxygen atoms in total. The van der Waals surface area contributed by atoms with Crippen LogP contribution in [0.3, 0.4) is 0 Å². The summed E-state index contributed by atoms with van der Waals surface area (Å²) in [6.07, 6.45) is 2.25. The minimum absolute atomic E-state index is 0. The van der Waals surface area contributed by atoms with Gasteiger partial charge in [0.2, 0.25) is 0 Å². The zero-order valence-corrected chi connectivity index (χ0v) is 17.3. The second-order valence-corrected chi connectivity index (χ2v) is 8.22. The molecule has 4 rings (SSSR count). The Morgan fingerprint density at radius 1 is 0.962 bits per heavy atom. The summed E-state index contributed by atoms with van der Waals surface area (Å²) in [5.74, 6) is 0.416. The Bertz CT molecular complexity index is 863. The summed E-state index contributed by atoms with van der Waals surface area (Å²) in [7, 11) is 0. The molecule has 1 aliphatic carbocycles. The molecular weight excluding hydrogens is 405 g/mol. The summed E-state index contributed by atoms with van der Waals surface area (Å²) >= 11 is 14.2. The highest BCUT2D eigenvalue weighted by Gasteiger charge is 2.29. The number of fused-ring (bicyclic) bond motifs is 1. The maximum absolute atomic E-state index is 6.24. The Kier molecular flexibility index (Phi) is 6.65. The third-order valence-electron chi connectivity index (χ3n) is 4.90. The molecule has 1 heterocycles. The monoisotopic (exact) mass is 423 g/mol. The normalized spacial score (nSPS) is 18.8. The van der Waals surface area contributed by atoms with Crippen LogP contribution in [-0.2, 0) is 6.54 Å². The minimum atomic E-state index is 0. The molecule has 0 aliphatic heterocycles. The molecular formula is C21H20Cl3NS. The van der Waals surface area contributed by atoms with Gasteiger partial charge >= 0.3 is 0 Å². The van der Waals surface area contributed by atoms with E-state index in [0.717, 1.165) is 19.4 Å². The van der Waals surface area contributed by atoms with E-state index in [1.54, 1.807) is 0 Å². The fourth-order valence-electron chi connectivity index (χ4n) is 3.62. The molecule has 0 bridgehead atoms. The zero-order chi connectivity index (χ0) is 17.2. The first kappa shape index (κ1) is 19.7. The molecule has 0 amide bonds. The molecule has 1 aliphatic rings. The molecule has 3 aromatic rings. The molecule has 2 atom stereocenters. The summed E-state index contributed by atoms with van der Waals surface area (Å²) in [5.41, 5.74) is 4.02. The quantitative estimate of drug-likeness (QED) is 0.465. The second kappa shape index (κ2) is 8.77. The van der Waals surface area contributed by atoms with E-state index in [1.807, 2.05) is 23.5 Å². The van der Waals surface area contributed by atoms with E-state index >= 15 is 0 Å². The molecule has 1 aromatic heterocycles. The van der Waals surface area contributed by atoms with Gasteiger partial charge < -0.3 is 5.32 Å². The van der Waals surface area contributed by atoms with Crippen LogP contribution in [0.15, 0.2) is 60.0 Å². The molecule has 0 saturated heterocycles. The van der Waals surface area contributed by atoms with Crippen molar-refractivity contribution in [2.75, 3.05) is 0 Å². The van der Waals surface area contributed by atoms with Crippen molar-refractivity contribution in [1.82, 2.24) is 5.32 Å². The van der Waals surface area contributed by atoms with Gasteiger partial charge in [0.05, 0.1) is 10.0 Å². The van der Waals surface area contributed by atoms with Gasteiger partial charge in [0.25, 0.3) is 0 Å². The lowest BCUT2D eigenvalue weighted by molar-refractivity contribution is 0.444. The summed E-state index contributed by atoms with van der Waals surface area (Å²) in [5, 5.41) is 7.20. The number of benzene rings is 2. The Hall–Kier alpha value is -1.03. The molecule has 2 unspecified atom stereocenters. The van der Waals surface area contributed by atoms with Crippen LogP contribution in [0.2, 0.25) is 10.0 Å². The molecule has 2 aromatic carbocycles. The summed E-state index contributed by atoms with van der Waals surface area (Å²) in [6.45, 7) is 0.901. The Morgan fingerprint density at radius 2 is 1.77 bits per heavy atom. The number of rotatable bonds is 4. The van der Waals surface area contributed by atoms with Crippen molar-refractivity contribution >= 4 is 46.9 Å². The SMILES string of the molecule is Cl.Clc1ccc(C2CCC(NCc3ccccc3)c3ccsc32)cc1Cl.